The van der Waals surface area contributed by atoms with Gasteiger partial charge in [0.05, 0.1) is 5.69 Å². The third-order valence-corrected chi connectivity index (χ3v) is 2.99. The average molecular weight is 316 g/mol. The molecule has 2 aromatic rings. The Morgan fingerprint density at radius 3 is 2.52 bits per heavy atom. The van der Waals surface area contributed by atoms with Gasteiger partial charge in [0.25, 0.3) is 5.91 Å². The first kappa shape index (κ1) is 16.5. The van der Waals surface area contributed by atoms with Crippen LogP contribution in [-0.4, -0.2) is 18.4 Å². The first-order chi connectivity index (χ1) is 11.1. The third-order valence-electron chi connectivity index (χ3n) is 2.99. The molecular weight excluding hydrogens is 299 g/mol. The monoisotopic (exact) mass is 316 g/mol. The number of hydrogen-bond donors (Lipinski definition) is 2. The molecule has 2 rings (SSSR count). The van der Waals surface area contributed by atoms with Crippen molar-refractivity contribution in [3.8, 4) is 5.75 Å². The van der Waals surface area contributed by atoms with Crippen LogP contribution in [0.2, 0.25) is 0 Å². The largest absolute Gasteiger partial charge is 0.482 e. The van der Waals surface area contributed by atoms with Crippen molar-refractivity contribution in [3.05, 3.63) is 59.9 Å². The minimum Gasteiger partial charge on any atom is -0.482 e. The molecule has 0 saturated carbocycles. The molecule has 0 atom stereocenters. The molecule has 0 unspecified atom stereocenters. The van der Waals surface area contributed by atoms with E-state index in [1.165, 1.54) is 13.0 Å². The number of benzene rings is 2. The van der Waals surface area contributed by atoms with Crippen LogP contribution in [0.15, 0.2) is 48.5 Å². The number of nitrogens with one attached hydrogen (secondary N) is 2. The highest BCUT2D eigenvalue weighted by Gasteiger charge is 2.08. The van der Waals surface area contributed by atoms with Gasteiger partial charge < -0.3 is 15.4 Å². The molecule has 23 heavy (non-hydrogen) atoms. The van der Waals surface area contributed by atoms with Gasteiger partial charge in [0.15, 0.2) is 6.61 Å². The fourth-order valence-corrected chi connectivity index (χ4v) is 1.92. The number of halogens is 1. The minimum atomic E-state index is -0.383. The lowest BCUT2D eigenvalue weighted by atomic mass is 10.2. The van der Waals surface area contributed by atoms with Crippen LogP contribution in [-0.2, 0) is 16.1 Å². The number of para-hydroxylation sites is 2. The smallest absolute Gasteiger partial charge is 0.258 e. The van der Waals surface area contributed by atoms with Crippen LogP contribution < -0.4 is 15.4 Å². The molecule has 6 heteroatoms. The van der Waals surface area contributed by atoms with Crippen molar-refractivity contribution in [2.75, 3.05) is 11.9 Å². The molecule has 0 spiro atoms. The molecule has 0 aliphatic heterocycles. The van der Waals surface area contributed by atoms with Crippen molar-refractivity contribution < 1.29 is 18.7 Å². The zero-order valence-corrected chi connectivity index (χ0v) is 12.6. The van der Waals surface area contributed by atoms with Crippen LogP contribution in [0.4, 0.5) is 10.1 Å². The van der Waals surface area contributed by atoms with Gasteiger partial charge >= 0.3 is 0 Å². The summed E-state index contributed by atoms with van der Waals surface area (Å²) in [5, 5.41) is 5.20. The number of rotatable bonds is 6. The molecule has 0 heterocycles. The number of amides is 2. The highest BCUT2D eigenvalue weighted by atomic mass is 19.1. The van der Waals surface area contributed by atoms with Crippen molar-refractivity contribution in [2.24, 2.45) is 0 Å². The maximum atomic E-state index is 13.4. The Kier molecular flexibility index (Phi) is 5.68. The Balaban J connectivity index is 1.87. The van der Waals surface area contributed by atoms with Crippen molar-refractivity contribution in [1.29, 1.82) is 0 Å². The highest BCUT2D eigenvalue weighted by Crippen LogP contribution is 2.23. The van der Waals surface area contributed by atoms with Crippen LogP contribution >= 0.6 is 0 Å². The number of anilines is 1. The average Bonchev–Trinajstić information content (AvgIpc) is 2.53. The van der Waals surface area contributed by atoms with Gasteiger partial charge in [-0.1, -0.05) is 30.3 Å². The van der Waals surface area contributed by atoms with Gasteiger partial charge in [-0.25, -0.2) is 4.39 Å². The lowest BCUT2D eigenvalue weighted by Gasteiger charge is -2.11. The molecule has 0 fully saturated rings. The van der Waals surface area contributed by atoms with E-state index in [4.69, 9.17) is 4.74 Å². The van der Waals surface area contributed by atoms with Crippen molar-refractivity contribution in [1.82, 2.24) is 5.32 Å². The first-order valence-corrected chi connectivity index (χ1v) is 7.06. The summed E-state index contributed by atoms with van der Waals surface area (Å²) in [5.74, 6) is -0.593. The van der Waals surface area contributed by atoms with E-state index in [-0.39, 0.29) is 30.8 Å². The molecule has 2 amide bonds. The summed E-state index contributed by atoms with van der Waals surface area (Å²) in [7, 11) is 0. The minimum absolute atomic E-state index is 0.0855. The first-order valence-electron chi connectivity index (χ1n) is 7.06. The lowest BCUT2D eigenvalue weighted by molar-refractivity contribution is -0.123. The third kappa shape index (κ3) is 5.10. The molecule has 2 aromatic carbocycles. The van der Waals surface area contributed by atoms with Crippen LogP contribution in [0.5, 0.6) is 5.75 Å². The summed E-state index contributed by atoms with van der Waals surface area (Å²) in [4.78, 5) is 22.9. The van der Waals surface area contributed by atoms with Gasteiger partial charge in [0, 0.05) is 19.0 Å². The molecule has 0 aromatic heterocycles. The molecule has 0 radical (unpaired) electrons. The van der Waals surface area contributed by atoms with E-state index in [1.54, 1.807) is 42.5 Å². The molecule has 2 N–H and O–H groups in total. The lowest BCUT2D eigenvalue weighted by Crippen LogP contribution is -2.28. The maximum Gasteiger partial charge on any atom is 0.258 e. The molecule has 0 aliphatic carbocycles. The van der Waals surface area contributed by atoms with Gasteiger partial charge in [-0.3, -0.25) is 9.59 Å². The predicted molar refractivity (Wildman–Crippen MR) is 84.5 cm³/mol. The van der Waals surface area contributed by atoms with Gasteiger partial charge in [0.1, 0.15) is 11.6 Å². The SMILES string of the molecule is CC(=O)Nc1ccccc1OCC(=O)NCc1ccccc1F. The Bertz CT molecular complexity index is 704. The molecule has 5 nitrogen and oxygen atoms in total. The molecule has 0 aliphatic rings. The second kappa shape index (κ2) is 7.93. The summed E-state index contributed by atoms with van der Waals surface area (Å²) < 4.78 is 18.8. The Morgan fingerprint density at radius 2 is 1.78 bits per heavy atom. The zero-order valence-electron chi connectivity index (χ0n) is 12.6. The molecule has 0 saturated heterocycles. The van der Waals surface area contributed by atoms with E-state index in [0.717, 1.165) is 0 Å². The van der Waals surface area contributed by atoms with E-state index in [9.17, 15) is 14.0 Å². The maximum absolute atomic E-state index is 13.4. The van der Waals surface area contributed by atoms with Crippen molar-refractivity contribution in [3.63, 3.8) is 0 Å². The van der Waals surface area contributed by atoms with Crippen molar-refractivity contribution in [2.45, 2.75) is 13.5 Å². The Morgan fingerprint density at radius 1 is 1.09 bits per heavy atom. The fourth-order valence-electron chi connectivity index (χ4n) is 1.92. The second-order valence-electron chi connectivity index (χ2n) is 4.83. The summed E-state index contributed by atoms with van der Waals surface area (Å²) in [5.41, 5.74) is 0.890. The molecule has 120 valence electrons. The fraction of sp³-hybridized carbons (Fsp3) is 0.176. The Hall–Kier alpha value is -2.89. The molecular formula is C17H17FN2O3. The van der Waals surface area contributed by atoms with Crippen LogP contribution in [0.1, 0.15) is 12.5 Å². The number of hydrogen-bond acceptors (Lipinski definition) is 3. The number of carbonyl (C=O) groups excluding carboxylic acids is 2. The van der Waals surface area contributed by atoms with E-state index in [2.05, 4.69) is 10.6 Å². The number of carbonyl (C=O) groups is 2. The van der Waals surface area contributed by atoms with E-state index in [0.29, 0.717) is 17.0 Å². The Labute approximate surface area is 133 Å². The quantitative estimate of drug-likeness (QED) is 0.860. The molecule has 0 bridgehead atoms. The summed E-state index contributed by atoms with van der Waals surface area (Å²) in [6.07, 6.45) is 0. The number of ether oxygens (including phenoxy) is 1. The van der Waals surface area contributed by atoms with E-state index in [1.807, 2.05) is 0 Å². The summed E-state index contributed by atoms with van der Waals surface area (Å²) in [6.45, 7) is 1.24. The zero-order chi connectivity index (χ0) is 16.7. The van der Waals surface area contributed by atoms with Gasteiger partial charge in [-0.2, -0.15) is 0 Å². The van der Waals surface area contributed by atoms with Crippen molar-refractivity contribution >= 4 is 17.5 Å². The van der Waals surface area contributed by atoms with E-state index >= 15 is 0 Å². The van der Waals surface area contributed by atoms with Gasteiger partial charge in [-0.05, 0) is 18.2 Å². The standard InChI is InChI=1S/C17H17FN2O3/c1-12(21)20-15-8-4-5-9-16(15)23-11-17(22)19-10-13-6-2-3-7-14(13)18/h2-9H,10-11H2,1H3,(H,19,22)(H,20,21). The summed E-state index contributed by atoms with van der Waals surface area (Å²) in [6, 6.07) is 13.0. The van der Waals surface area contributed by atoms with Gasteiger partial charge in [-0.15, -0.1) is 0 Å². The predicted octanol–water partition coefficient (Wildman–Crippen LogP) is 2.48. The summed E-state index contributed by atoms with van der Waals surface area (Å²) >= 11 is 0. The topological polar surface area (TPSA) is 67.4 Å². The van der Waals surface area contributed by atoms with E-state index < -0.39 is 0 Å². The van der Waals surface area contributed by atoms with Crippen LogP contribution in [0.3, 0.4) is 0 Å². The second-order valence-corrected chi connectivity index (χ2v) is 4.83. The van der Waals surface area contributed by atoms with Gasteiger partial charge in [0.2, 0.25) is 5.91 Å². The van der Waals surface area contributed by atoms with Crippen LogP contribution in [0, 0.1) is 5.82 Å². The highest BCUT2D eigenvalue weighted by molar-refractivity contribution is 5.90. The normalized spacial score (nSPS) is 10.0. The van der Waals surface area contributed by atoms with Crippen LogP contribution in [0.25, 0.3) is 0 Å².